The van der Waals surface area contributed by atoms with Gasteiger partial charge in [0.05, 0.1) is 19.8 Å². The van der Waals surface area contributed by atoms with E-state index >= 15 is 0 Å². The number of thioether (sulfide) groups is 1. The van der Waals surface area contributed by atoms with Crippen LogP contribution in [-0.4, -0.2) is 34.6 Å². The van der Waals surface area contributed by atoms with Gasteiger partial charge in [-0.15, -0.1) is 11.8 Å². The van der Waals surface area contributed by atoms with E-state index < -0.39 is 0 Å². The standard InChI is InChI=1S/C22H23N3O4S/c1-26-13-7-8-15(18(10-13)27-2)17-9-14(29-25-17)11-28-21-20-16-5-3-4-6-19(16)30-22(20)24-12-23-21/h7-10,12,16,19H,3-6,11H2,1-2H3. The average Bonchev–Trinajstić information content (AvgIpc) is 3.42. The molecule has 156 valence electrons. The lowest BCUT2D eigenvalue weighted by Gasteiger charge is -2.24. The van der Waals surface area contributed by atoms with Gasteiger partial charge in [-0.1, -0.05) is 18.0 Å². The molecule has 2 aromatic heterocycles. The van der Waals surface area contributed by atoms with Crippen molar-refractivity contribution in [1.29, 1.82) is 0 Å². The first-order chi connectivity index (χ1) is 14.8. The Morgan fingerprint density at radius 3 is 2.87 bits per heavy atom. The van der Waals surface area contributed by atoms with Crippen LogP contribution < -0.4 is 14.2 Å². The number of fused-ring (bicyclic) bond motifs is 3. The number of nitrogens with zero attached hydrogens (tertiary/aromatic N) is 3. The molecule has 0 saturated heterocycles. The molecular weight excluding hydrogens is 402 g/mol. The summed E-state index contributed by atoms with van der Waals surface area (Å²) in [6, 6.07) is 7.45. The van der Waals surface area contributed by atoms with Crippen molar-refractivity contribution in [3.8, 4) is 28.6 Å². The highest BCUT2D eigenvalue weighted by Gasteiger charge is 2.39. The van der Waals surface area contributed by atoms with Crippen LogP contribution in [0, 0.1) is 0 Å². The summed E-state index contributed by atoms with van der Waals surface area (Å²) < 4.78 is 22.3. The Kier molecular flexibility index (Phi) is 5.25. The van der Waals surface area contributed by atoms with Crippen molar-refractivity contribution >= 4 is 11.8 Å². The van der Waals surface area contributed by atoms with Crippen LogP contribution in [0.15, 0.2) is 40.1 Å². The van der Waals surface area contributed by atoms with E-state index in [0.717, 1.165) is 16.3 Å². The second-order valence-electron chi connectivity index (χ2n) is 7.48. The molecule has 30 heavy (non-hydrogen) atoms. The highest BCUT2D eigenvalue weighted by atomic mass is 32.2. The molecular formula is C22H23N3O4S. The Hall–Kier alpha value is -2.74. The number of ether oxygens (including phenoxy) is 3. The molecule has 2 atom stereocenters. The number of hydrogen-bond acceptors (Lipinski definition) is 8. The molecule has 3 heterocycles. The minimum absolute atomic E-state index is 0.261. The number of methoxy groups -OCH3 is 2. The van der Waals surface area contributed by atoms with Crippen molar-refractivity contribution in [3.63, 3.8) is 0 Å². The van der Waals surface area contributed by atoms with Crippen molar-refractivity contribution < 1.29 is 18.7 Å². The normalized spacial score (nSPS) is 19.8. The summed E-state index contributed by atoms with van der Waals surface area (Å²) >= 11 is 1.87. The summed E-state index contributed by atoms with van der Waals surface area (Å²) in [6.07, 6.45) is 6.55. The van der Waals surface area contributed by atoms with Gasteiger partial charge in [0.15, 0.2) is 12.4 Å². The molecule has 0 amide bonds. The molecule has 0 N–H and O–H groups in total. The van der Waals surface area contributed by atoms with Gasteiger partial charge in [-0.2, -0.15) is 0 Å². The van der Waals surface area contributed by atoms with Gasteiger partial charge < -0.3 is 18.7 Å². The van der Waals surface area contributed by atoms with E-state index in [0.29, 0.717) is 34.3 Å². The third kappa shape index (κ3) is 3.49. The Bertz CT molecular complexity index is 1050. The van der Waals surface area contributed by atoms with Crippen LogP contribution in [0.2, 0.25) is 0 Å². The molecule has 5 rings (SSSR count). The quantitative estimate of drug-likeness (QED) is 0.518. The highest BCUT2D eigenvalue weighted by Crippen LogP contribution is 2.53. The first-order valence-electron chi connectivity index (χ1n) is 10.1. The molecule has 1 aliphatic carbocycles. The van der Waals surface area contributed by atoms with Gasteiger partial charge in [-0.3, -0.25) is 0 Å². The lowest BCUT2D eigenvalue weighted by Crippen LogP contribution is -2.16. The molecule has 2 aliphatic rings. The third-order valence-electron chi connectivity index (χ3n) is 5.74. The topological polar surface area (TPSA) is 79.5 Å². The number of hydrogen-bond donors (Lipinski definition) is 0. The Morgan fingerprint density at radius 2 is 2.00 bits per heavy atom. The molecule has 1 fully saturated rings. The minimum atomic E-state index is 0.261. The van der Waals surface area contributed by atoms with E-state index in [9.17, 15) is 0 Å². The van der Waals surface area contributed by atoms with Gasteiger partial charge in [0.2, 0.25) is 5.88 Å². The predicted octanol–water partition coefficient (Wildman–Crippen LogP) is 4.86. The lowest BCUT2D eigenvalue weighted by molar-refractivity contribution is 0.236. The van der Waals surface area contributed by atoms with Crippen LogP contribution in [-0.2, 0) is 6.61 Å². The van der Waals surface area contributed by atoms with Crippen LogP contribution in [0.25, 0.3) is 11.3 Å². The van der Waals surface area contributed by atoms with Crippen LogP contribution in [0.4, 0.5) is 0 Å². The Labute approximate surface area is 179 Å². The van der Waals surface area contributed by atoms with Crippen LogP contribution in [0.3, 0.4) is 0 Å². The first kappa shape index (κ1) is 19.2. The van der Waals surface area contributed by atoms with Crippen molar-refractivity contribution in [2.24, 2.45) is 0 Å². The SMILES string of the molecule is COc1ccc(-c2cc(COc3ncnc4c3C3CCCCC3S4)on2)c(OC)c1. The fourth-order valence-electron chi connectivity index (χ4n) is 4.26. The van der Waals surface area contributed by atoms with Crippen LogP contribution >= 0.6 is 11.8 Å². The number of rotatable bonds is 6. The molecule has 0 bridgehead atoms. The monoisotopic (exact) mass is 425 g/mol. The summed E-state index contributed by atoms with van der Waals surface area (Å²) in [5.74, 6) is 3.18. The molecule has 2 unspecified atom stereocenters. The van der Waals surface area contributed by atoms with Crippen molar-refractivity contribution in [1.82, 2.24) is 15.1 Å². The molecule has 1 aliphatic heterocycles. The van der Waals surface area contributed by atoms with Gasteiger partial charge in [0.25, 0.3) is 0 Å². The molecule has 8 heteroatoms. The van der Waals surface area contributed by atoms with Crippen LogP contribution in [0.5, 0.6) is 17.4 Å². The van der Waals surface area contributed by atoms with E-state index in [2.05, 4.69) is 15.1 Å². The van der Waals surface area contributed by atoms with E-state index in [4.69, 9.17) is 18.7 Å². The molecule has 1 aromatic carbocycles. The Morgan fingerprint density at radius 1 is 1.10 bits per heavy atom. The number of benzene rings is 1. The maximum atomic E-state index is 6.08. The average molecular weight is 426 g/mol. The van der Waals surface area contributed by atoms with Gasteiger partial charge in [-0.05, 0) is 25.0 Å². The van der Waals surface area contributed by atoms with Crippen molar-refractivity contribution in [2.75, 3.05) is 14.2 Å². The van der Waals surface area contributed by atoms with Gasteiger partial charge in [-0.25, -0.2) is 9.97 Å². The summed E-state index contributed by atoms with van der Waals surface area (Å²) in [5.41, 5.74) is 2.69. The first-order valence-corrected chi connectivity index (χ1v) is 11.0. The third-order valence-corrected chi connectivity index (χ3v) is 7.16. The molecule has 1 saturated carbocycles. The molecule has 7 nitrogen and oxygen atoms in total. The van der Waals surface area contributed by atoms with Gasteiger partial charge >= 0.3 is 0 Å². The summed E-state index contributed by atoms with van der Waals surface area (Å²) in [4.78, 5) is 8.91. The smallest absolute Gasteiger partial charge is 0.221 e. The largest absolute Gasteiger partial charge is 0.497 e. The minimum Gasteiger partial charge on any atom is -0.497 e. The van der Waals surface area contributed by atoms with Gasteiger partial charge in [0, 0.05) is 28.9 Å². The summed E-state index contributed by atoms with van der Waals surface area (Å²) in [6.45, 7) is 0.261. The molecule has 3 aromatic rings. The van der Waals surface area contributed by atoms with Crippen molar-refractivity contribution in [2.45, 2.75) is 48.5 Å². The predicted molar refractivity (Wildman–Crippen MR) is 112 cm³/mol. The van der Waals surface area contributed by atoms with E-state index in [1.165, 1.54) is 31.2 Å². The van der Waals surface area contributed by atoms with Gasteiger partial charge in [0.1, 0.15) is 28.5 Å². The van der Waals surface area contributed by atoms with Crippen LogP contribution in [0.1, 0.15) is 42.9 Å². The summed E-state index contributed by atoms with van der Waals surface area (Å²) in [7, 11) is 3.24. The summed E-state index contributed by atoms with van der Waals surface area (Å²) in [5, 5.41) is 5.86. The lowest BCUT2D eigenvalue weighted by atomic mass is 9.85. The van der Waals surface area contributed by atoms with E-state index in [-0.39, 0.29) is 6.61 Å². The second kappa shape index (κ2) is 8.18. The number of aromatic nitrogens is 3. The van der Waals surface area contributed by atoms with E-state index in [1.54, 1.807) is 20.5 Å². The zero-order chi connectivity index (χ0) is 20.5. The highest BCUT2D eigenvalue weighted by molar-refractivity contribution is 8.00. The molecule has 0 radical (unpaired) electrons. The maximum Gasteiger partial charge on any atom is 0.221 e. The second-order valence-corrected chi connectivity index (χ2v) is 8.71. The fraction of sp³-hybridized carbons (Fsp3) is 0.409. The zero-order valence-electron chi connectivity index (χ0n) is 17.0. The van der Waals surface area contributed by atoms with Crippen molar-refractivity contribution in [3.05, 3.63) is 41.9 Å². The Balaban J connectivity index is 1.34. The zero-order valence-corrected chi connectivity index (χ0v) is 17.8. The maximum absolute atomic E-state index is 6.08. The van der Waals surface area contributed by atoms with E-state index in [1.807, 2.05) is 36.0 Å². The molecule has 0 spiro atoms. The fourth-order valence-corrected chi connectivity index (χ4v) is 5.74.